The van der Waals surface area contributed by atoms with Gasteiger partial charge < -0.3 is 9.73 Å². The summed E-state index contributed by atoms with van der Waals surface area (Å²) < 4.78 is 7.62. The fourth-order valence-electron chi connectivity index (χ4n) is 1.94. The minimum atomic E-state index is 0.0187. The van der Waals surface area contributed by atoms with Crippen LogP contribution in [0.2, 0.25) is 0 Å². The molecule has 0 fully saturated rings. The first-order chi connectivity index (χ1) is 8.76. The fourth-order valence-corrected chi connectivity index (χ4v) is 1.94. The summed E-state index contributed by atoms with van der Waals surface area (Å²) in [7, 11) is 1.90. The molecule has 0 aliphatic heterocycles. The summed E-state index contributed by atoms with van der Waals surface area (Å²) in [5.41, 5.74) is 1.01. The number of hydrogen-bond acceptors (Lipinski definition) is 4. The minimum absolute atomic E-state index is 0.0187. The minimum Gasteiger partial charge on any atom is -0.464 e. The van der Waals surface area contributed by atoms with E-state index in [0.29, 0.717) is 0 Å². The van der Waals surface area contributed by atoms with E-state index in [1.54, 1.807) is 10.9 Å². The molecule has 2 rings (SSSR count). The van der Waals surface area contributed by atoms with Crippen LogP contribution < -0.4 is 5.32 Å². The Labute approximate surface area is 107 Å². The molecule has 1 atom stereocenters. The summed E-state index contributed by atoms with van der Waals surface area (Å²) in [6.07, 6.45) is 3.76. The van der Waals surface area contributed by atoms with Gasteiger partial charge in [-0.3, -0.25) is 4.68 Å². The summed E-state index contributed by atoms with van der Waals surface area (Å²) in [5.74, 6) is 1.93. The van der Waals surface area contributed by atoms with Crippen molar-refractivity contribution in [3.63, 3.8) is 0 Å². The zero-order chi connectivity index (χ0) is 13.0. The van der Waals surface area contributed by atoms with Crippen molar-refractivity contribution in [2.45, 2.75) is 32.7 Å². The number of furan rings is 1. The van der Waals surface area contributed by atoms with Crippen LogP contribution in [0.5, 0.6) is 0 Å². The molecule has 0 aliphatic carbocycles. The van der Waals surface area contributed by atoms with Crippen LogP contribution in [-0.4, -0.2) is 21.5 Å². The summed E-state index contributed by atoms with van der Waals surface area (Å²) in [5, 5.41) is 11.4. The first kappa shape index (κ1) is 12.8. The van der Waals surface area contributed by atoms with Crippen molar-refractivity contribution in [3.05, 3.63) is 35.5 Å². The maximum absolute atomic E-state index is 5.84. The van der Waals surface area contributed by atoms with Crippen molar-refractivity contribution >= 4 is 0 Å². The first-order valence-electron chi connectivity index (χ1n) is 6.42. The van der Waals surface area contributed by atoms with E-state index in [4.69, 9.17) is 4.42 Å². The van der Waals surface area contributed by atoms with E-state index in [1.807, 2.05) is 19.2 Å². The molecule has 2 heterocycles. The average Bonchev–Trinajstić information content (AvgIpc) is 3.00. The lowest BCUT2D eigenvalue weighted by Gasteiger charge is -2.15. The van der Waals surface area contributed by atoms with Crippen LogP contribution in [-0.2, 0) is 13.5 Å². The Bertz CT molecular complexity index is 489. The molecule has 18 heavy (non-hydrogen) atoms. The van der Waals surface area contributed by atoms with E-state index in [9.17, 15) is 0 Å². The van der Waals surface area contributed by atoms with Gasteiger partial charge in [0.05, 0.1) is 11.9 Å². The zero-order valence-electron chi connectivity index (χ0n) is 11.2. The highest BCUT2D eigenvalue weighted by Gasteiger charge is 2.20. The van der Waals surface area contributed by atoms with E-state index < -0.39 is 0 Å². The third kappa shape index (κ3) is 2.61. The molecule has 0 radical (unpaired) electrons. The van der Waals surface area contributed by atoms with Gasteiger partial charge >= 0.3 is 0 Å². The number of aryl methyl sites for hydroxylation is 2. The third-order valence-electron chi connectivity index (χ3n) is 2.96. The van der Waals surface area contributed by atoms with Crippen molar-refractivity contribution in [2.75, 3.05) is 6.54 Å². The number of rotatable bonds is 6. The van der Waals surface area contributed by atoms with Gasteiger partial charge in [-0.15, -0.1) is 5.10 Å². The second kappa shape index (κ2) is 5.82. The molecule has 0 spiro atoms. The van der Waals surface area contributed by atoms with Gasteiger partial charge in [-0.05, 0) is 25.1 Å². The molecule has 0 aromatic carbocycles. The Kier molecular flexibility index (Phi) is 4.15. The highest BCUT2D eigenvalue weighted by molar-refractivity contribution is 5.20. The Balaban J connectivity index is 2.27. The standard InChI is InChI=1S/C13H20N4O/c1-4-8-14-13(11-9-15-16-17(11)3)12-7-6-10(5-2)18-12/h6-7,9,13-14H,4-5,8H2,1-3H3. The average molecular weight is 248 g/mol. The van der Waals surface area contributed by atoms with Crippen molar-refractivity contribution in [1.29, 1.82) is 0 Å². The lowest BCUT2D eigenvalue weighted by molar-refractivity contribution is 0.411. The largest absolute Gasteiger partial charge is 0.464 e. The third-order valence-corrected chi connectivity index (χ3v) is 2.96. The van der Waals surface area contributed by atoms with Crippen LogP contribution in [0.15, 0.2) is 22.7 Å². The second-order valence-electron chi connectivity index (χ2n) is 4.33. The quantitative estimate of drug-likeness (QED) is 0.850. The molecule has 2 aromatic rings. The van der Waals surface area contributed by atoms with E-state index in [2.05, 4.69) is 29.5 Å². The molecule has 2 aromatic heterocycles. The van der Waals surface area contributed by atoms with Gasteiger partial charge in [0.1, 0.15) is 17.6 Å². The molecular weight excluding hydrogens is 228 g/mol. The van der Waals surface area contributed by atoms with Gasteiger partial charge in [0.25, 0.3) is 0 Å². The van der Waals surface area contributed by atoms with Gasteiger partial charge in [0, 0.05) is 13.5 Å². The smallest absolute Gasteiger partial charge is 0.127 e. The summed E-state index contributed by atoms with van der Waals surface area (Å²) in [6, 6.07) is 4.07. The van der Waals surface area contributed by atoms with Crippen LogP contribution in [0.1, 0.15) is 43.5 Å². The van der Waals surface area contributed by atoms with Crippen LogP contribution in [0.25, 0.3) is 0 Å². The highest BCUT2D eigenvalue weighted by Crippen LogP contribution is 2.23. The first-order valence-corrected chi connectivity index (χ1v) is 6.42. The Hall–Kier alpha value is -1.62. The molecule has 0 bridgehead atoms. The molecule has 5 heteroatoms. The number of hydrogen-bond donors (Lipinski definition) is 1. The Morgan fingerprint density at radius 3 is 2.78 bits per heavy atom. The zero-order valence-corrected chi connectivity index (χ0v) is 11.2. The van der Waals surface area contributed by atoms with Crippen LogP contribution in [0, 0.1) is 0 Å². The molecule has 0 amide bonds. The van der Waals surface area contributed by atoms with E-state index in [0.717, 1.165) is 36.6 Å². The predicted molar refractivity (Wildman–Crippen MR) is 69.2 cm³/mol. The molecule has 0 saturated heterocycles. The highest BCUT2D eigenvalue weighted by atomic mass is 16.3. The normalized spacial score (nSPS) is 12.8. The molecule has 1 N–H and O–H groups in total. The van der Waals surface area contributed by atoms with Crippen molar-refractivity contribution in [3.8, 4) is 0 Å². The lowest BCUT2D eigenvalue weighted by Crippen LogP contribution is -2.24. The van der Waals surface area contributed by atoms with Crippen molar-refractivity contribution < 1.29 is 4.42 Å². The molecule has 0 aliphatic rings. The van der Waals surface area contributed by atoms with Crippen molar-refractivity contribution in [2.24, 2.45) is 7.05 Å². The molecular formula is C13H20N4O. The van der Waals surface area contributed by atoms with Gasteiger partial charge in [0.2, 0.25) is 0 Å². The van der Waals surface area contributed by atoms with E-state index in [1.165, 1.54) is 0 Å². The summed E-state index contributed by atoms with van der Waals surface area (Å²) in [6.45, 7) is 5.16. The number of nitrogens with one attached hydrogen (secondary N) is 1. The fraction of sp³-hybridized carbons (Fsp3) is 0.538. The van der Waals surface area contributed by atoms with Gasteiger partial charge in [0.15, 0.2) is 0 Å². The lowest BCUT2D eigenvalue weighted by atomic mass is 10.1. The van der Waals surface area contributed by atoms with Crippen LogP contribution in [0.4, 0.5) is 0 Å². The molecule has 0 saturated carbocycles. The summed E-state index contributed by atoms with van der Waals surface area (Å²) in [4.78, 5) is 0. The maximum Gasteiger partial charge on any atom is 0.127 e. The van der Waals surface area contributed by atoms with E-state index >= 15 is 0 Å². The number of nitrogens with zero attached hydrogens (tertiary/aromatic N) is 3. The van der Waals surface area contributed by atoms with Gasteiger partial charge in [-0.2, -0.15) is 0 Å². The molecule has 98 valence electrons. The van der Waals surface area contributed by atoms with Crippen LogP contribution in [0.3, 0.4) is 0 Å². The number of aromatic nitrogens is 3. The SMILES string of the molecule is CCCNC(c1ccc(CC)o1)c1cnnn1C. The Morgan fingerprint density at radius 1 is 1.39 bits per heavy atom. The topological polar surface area (TPSA) is 55.9 Å². The summed E-state index contributed by atoms with van der Waals surface area (Å²) >= 11 is 0. The van der Waals surface area contributed by atoms with Gasteiger partial charge in [-0.1, -0.05) is 19.1 Å². The maximum atomic E-state index is 5.84. The van der Waals surface area contributed by atoms with Crippen LogP contribution >= 0.6 is 0 Å². The Morgan fingerprint density at radius 2 is 2.22 bits per heavy atom. The molecule has 5 nitrogen and oxygen atoms in total. The van der Waals surface area contributed by atoms with E-state index in [-0.39, 0.29) is 6.04 Å². The van der Waals surface area contributed by atoms with Crippen molar-refractivity contribution in [1.82, 2.24) is 20.3 Å². The molecule has 1 unspecified atom stereocenters. The van der Waals surface area contributed by atoms with Gasteiger partial charge in [-0.25, -0.2) is 0 Å². The second-order valence-corrected chi connectivity index (χ2v) is 4.33. The monoisotopic (exact) mass is 248 g/mol. The predicted octanol–water partition coefficient (Wildman–Crippen LogP) is 2.06.